The monoisotopic (exact) mass is 344 g/mol. The second-order valence-electron chi connectivity index (χ2n) is 5.49. The van der Waals surface area contributed by atoms with Crippen molar-refractivity contribution >= 4 is 5.91 Å². The first-order valence-corrected chi connectivity index (χ1v) is 7.61. The summed E-state index contributed by atoms with van der Waals surface area (Å²) in [6.45, 7) is 2.09. The van der Waals surface area contributed by atoms with Crippen LogP contribution in [0, 0.1) is 12.7 Å². The molecule has 0 saturated heterocycles. The number of hydrogen-bond donors (Lipinski definition) is 2. The average Bonchev–Trinajstić information content (AvgIpc) is 3.24. The molecule has 130 valence electrons. The van der Waals surface area contributed by atoms with Crippen LogP contribution in [0.25, 0.3) is 11.4 Å². The number of nitrogens with zero attached hydrogens (tertiary/aromatic N) is 4. The SMILES string of the molecule is Cc1ccc(CNC(=O)Cn2cc(-c3ncoc3CN)nn2)cc1F. The van der Waals surface area contributed by atoms with Gasteiger partial charge in [0.05, 0.1) is 12.7 Å². The van der Waals surface area contributed by atoms with Crippen molar-refractivity contribution in [2.75, 3.05) is 0 Å². The normalized spacial score (nSPS) is 10.8. The highest BCUT2D eigenvalue weighted by Crippen LogP contribution is 2.18. The molecular formula is C16H17FN6O2. The summed E-state index contributed by atoms with van der Waals surface area (Å²) in [6.07, 6.45) is 2.87. The van der Waals surface area contributed by atoms with Crippen LogP contribution >= 0.6 is 0 Å². The number of nitrogens with two attached hydrogens (primary N) is 1. The summed E-state index contributed by atoms with van der Waals surface area (Å²) < 4.78 is 20.0. The minimum absolute atomic E-state index is 0.0167. The summed E-state index contributed by atoms with van der Waals surface area (Å²) >= 11 is 0. The molecule has 0 fully saturated rings. The molecule has 0 saturated carbocycles. The second-order valence-corrected chi connectivity index (χ2v) is 5.49. The van der Waals surface area contributed by atoms with Crippen LogP contribution in [-0.2, 0) is 24.4 Å². The van der Waals surface area contributed by atoms with E-state index in [1.165, 1.54) is 17.1 Å². The highest BCUT2D eigenvalue weighted by Gasteiger charge is 2.14. The third-order valence-electron chi connectivity index (χ3n) is 3.64. The number of oxazole rings is 1. The number of carbonyl (C=O) groups excluding carboxylic acids is 1. The first kappa shape index (κ1) is 16.8. The van der Waals surface area contributed by atoms with Gasteiger partial charge in [0.1, 0.15) is 29.5 Å². The number of aryl methyl sites for hydroxylation is 1. The van der Waals surface area contributed by atoms with E-state index in [1.54, 1.807) is 25.3 Å². The zero-order valence-electron chi connectivity index (χ0n) is 13.6. The molecular weight excluding hydrogens is 327 g/mol. The van der Waals surface area contributed by atoms with Gasteiger partial charge in [0, 0.05) is 6.54 Å². The summed E-state index contributed by atoms with van der Waals surface area (Å²) in [5.74, 6) is -0.0643. The highest BCUT2D eigenvalue weighted by atomic mass is 19.1. The molecule has 8 nitrogen and oxygen atoms in total. The third kappa shape index (κ3) is 3.89. The van der Waals surface area contributed by atoms with E-state index in [0.29, 0.717) is 28.3 Å². The zero-order chi connectivity index (χ0) is 17.8. The number of amides is 1. The Hall–Kier alpha value is -3.07. The Labute approximate surface area is 142 Å². The molecule has 0 aliphatic rings. The second kappa shape index (κ2) is 7.22. The molecule has 0 atom stereocenters. The molecule has 25 heavy (non-hydrogen) atoms. The molecule has 3 N–H and O–H groups in total. The maximum absolute atomic E-state index is 13.5. The quantitative estimate of drug-likeness (QED) is 0.694. The summed E-state index contributed by atoms with van der Waals surface area (Å²) in [4.78, 5) is 16.1. The van der Waals surface area contributed by atoms with E-state index in [9.17, 15) is 9.18 Å². The Balaban J connectivity index is 1.59. The molecule has 2 heterocycles. The van der Waals surface area contributed by atoms with Crippen LogP contribution in [0.1, 0.15) is 16.9 Å². The van der Waals surface area contributed by atoms with Gasteiger partial charge in [-0.3, -0.25) is 4.79 Å². The van der Waals surface area contributed by atoms with Gasteiger partial charge in [-0.1, -0.05) is 17.3 Å². The molecule has 3 rings (SSSR count). The van der Waals surface area contributed by atoms with Crippen molar-refractivity contribution in [1.29, 1.82) is 0 Å². The largest absolute Gasteiger partial charge is 0.446 e. The molecule has 9 heteroatoms. The van der Waals surface area contributed by atoms with Crippen molar-refractivity contribution in [2.45, 2.75) is 26.6 Å². The molecule has 2 aromatic heterocycles. The molecule has 3 aromatic rings. The molecule has 0 unspecified atom stereocenters. The van der Waals surface area contributed by atoms with Crippen molar-refractivity contribution in [2.24, 2.45) is 5.73 Å². The number of aromatic nitrogens is 4. The Kier molecular flexibility index (Phi) is 4.85. The van der Waals surface area contributed by atoms with Crippen LogP contribution in [0.5, 0.6) is 0 Å². The van der Waals surface area contributed by atoms with Crippen LogP contribution in [0.4, 0.5) is 4.39 Å². The zero-order valence-corrected chi connectivity index (χ0v) is 13.6. The van der Waals surface area contributed by atoms with Crippen LogP contribution < -0.4 is 11.1 Å². The van der Waals surface area contributed by atoms with Gasteiger partial charge in [0.15, 0.2) is 6.39 Å². The van der Waals surface area contributed by atoms with E-state index in [-0.39, 0.29) is 31.4 Å². The summed E-state index contributed by atoms with van der Waals surface area (Å²) in [5.41, 5.74) is 7.78. The number of halogens is 1. The summed E-state index contributed by atoms with van der Waals surface area (Å²) in [7, 11) is 0. The first-order valence-electron chi connectivity index (χ1n) is 7.61. The average molecular weight is 344 g/mol. The maximum Gasteiger partial charge on any atom is 0.242 e. The van der Waals surface area contributed by atoms with Crippen molar-refractivity contribution in [3.8, 4) is 11.4 Å². The van der Waals surface area contributed by atoms with Crippen molar-refractivity contribution in [3.63, 3.8) is 0 Å². The van der Waals surface area contributed by atoms with Gasteiger partial charge >= 0.3 is 0 Å². The van der Waals surface area contributed by atoms with E-state index < -0.39 is 0 Å². The lowest BCUT2D eigenvalue weighted by Crippen LogP contribution is -2.27. The van der Waals surface area contributed by atoms with Crippen LogP contribution in [0.2, 0.25) is 0 Å². The Morgan fingerprint density at radius 2 is 2.28 bits per heavy atom. The molecule has 1 amide bonds. The smallest absolute Gasteiger partial charge is 0.242 e. The van der Waals surface area contributed by atoms with Gasteiger partial charge in [-0.2, -0.15) is 0 Å². The standard InChI is InChI=1S/C16H17FN6O2/c1-10-2-3-11(4-12(10)17)6-19-15(24)8-23-7-13(21-22-23)16-14(5-18)25-9-20-16/h2-4,7,9H,5-6,8,18H2,1H3,(H,19,24). The minimum Gasteiger partial charge on any atom is -0.446 e. The summed E-state index contributed by atoms with van der Waals surface area (Å²) in [6, 6.07) is 4.85. The lowest BCUT2D eigenvalue weighted by molar-refractivity contribution is -0.122. The van der Waals surface area contributed by atoms with Gasteiger partial charge in [-0.05, 0) is 24.1 Å². The fraction of sp³-hybridized carbons (Fsp3) is 0.250. The van der Waals surface area contributed by atoms with E-state index in [2.05, 4.69) is 20.6 Å². The van der Waals surface area contributed by atoms with Crippen molar-refractivity contribution in [3.05, 3.63) is 53.5 Å². The first-order chi connectivity index (χ1) is 12.1. The van der Waals surface area contributed by atoms with Gasteiger partial charge in [0.25, 0.3) is 0 Å². The van der Waals surface area contributed by atoms with E-state index in [4.69, 9.17) is 10.2 Å². The Morgan fingerprint density at radius 1 is 1.44 bits per heavy atom. The molecule has 0 bridgehead atoms. The van der Waals surface area contributed by atoms with Gasteiger partial charge < -0.3 is 15.5 Å². The topological polar surface area (TPSA) is 112 Å². The van der Waals surface area contributed by atoms with E-state index in [0.717, 1.165) is 0 Å². The van der Waals surface area contributed by atoms with Crippen LogP contribution in [-0.4, -0.2) is 25.9 Å². The third-order valence-corrected chi connectivity index (χ3v) is 3.64. The predicted octanol–water partition coefficient (Wildman–Crippen LogP) is 1.16. The lowest BCUT2D eigenvalue weighted by Gasteiger charge is -2.06. The number of benzene rings is 1. The van der Waals surface area contributed by atoms with Gasteiger partial charge in [-0.15, -0.1) is 5.10 Å². The van der Waals surface area contributed by atoms with Crippen molar-refractivity contribution < 1.29 is 13.6 Å². The maximum atomic E-state index is 13.5. The number of hydrogen-bond acceptors (Lipinski definition) is 6. The highest BCUT2D eigenvalue weighted by molar-refractivity contribution is 5.75. The Morgan fingerprint density at radius 3 is 3.04 bits per heavy atom. The molecule has 0 aliphatic heterocycles. The molecule has 1 aromatic carbocycles. The number of nitrogens with one attached hydrogen (secondary N) is 1. The minimum atomic E-state index is -0.295. The lowest BCUT2D eigenvalue weighted by atomic mass is 10.1. The molecule has 0 aliphatic carbocycles. The fourth-order valence-electron chi connectivity index (χ4n) is 2.26. The van der Waals surface area contributed by atoms with Gasteiger partial charge in [-0.25, -0.2) is 14.1 Å². The van der Waals surface area contributed by atoms with Gasteiger partial charge in [0.2, 0.25) is 5.91 Å². The molecule has 0 radical (unpaired) electrons. The van der Waals surface area contributed by atoms with Crippen molar-refractivity contribution in [1.82, 2.24) is 25.3 Å². The van der Waals surface area contributed by atoms with E-state index >= 15 is 0 Å². The molecule has 0 spiro atoms. The summed E-state index contributed by atoms with van der Waals surface area (Å²) in [5, 5.41) is 10.6. The predicted molar refractivity (Wildman–Crippen MR) is 86.4 cm³/mol. The Bertz CT molecular complexity index is 888. The number of carbonyl (C=O) groups is 1. The number of rotatable bonds is 6. The van der Waals surface area contributed by atoms with E-state index in [1.807, 2.05) is 0 Å². The fourth-order valence-corrected chi connectivity index (χ4v) is 2.26. The van der Waals surface area contributed by atoms with Crippen LogP contribution in [0.15, 0.2) is 35.2 Å². The van der Waals surface area contributed by atoms with Crippen LogP contribution in [0.3, 0.4) is 0 Å².